The molecule has 132 valence electrons. The van der Waals surface area contributed by atoms with E-state index in [1.165, 1.54) is 0 Å². The van der Waals surface area contributed by atoms with Crippen LogP contribution in [-0.2, 0) is 4.79 Å². The van der Waals surface area contributed by atoms with Gasteiger partial charge in [0.1, 0.15) is 11.5 Å². The van der Waals surface area contributed by atoms with Crippen molar-refractivity contribution >= 4 is 23.2 Å². The number of aromatic nitrogens is 1. The molecular formula is C20H17ClN2O3. The highest BCUT2D eigenvalue weighted by Crippen LogP contribution is 2.24. The first kappa shape index (κ1) is 17.8. The van der Waals surface area contributed by atoms with Gasteiger partial charge >= 0.3 is 0 Å². The molecule has 0 fully saturated rings. The number of halogens is 1. The highest BCUT2D eigenvalue weighted by molar-refractivity contribution is 6.33. The molecule has 1 amide bonds. The molecule has 3 rings (SSSR count). The Morgan fingerprint density at radius 1 is 1.08 bits per heavy atom. The van der Waals surface area contributed by atoms with Crippen LogP contribution in [0.2, 0.25) is 5.02 Å². The normalized spacial score (nSPS) is 10.2. The highest BCUT2D eigenvalue weighted by Gasteiger charge is 2.07. The van der Waals surface area contributed by atoms with Crippen molar-refractivity contribution in [1.82, 2.24) is 4.98 Å². The van der Waals surface area contributed by atoms with Crippen LogP contribution in [0.1, 0.15) is 5.56 Å². The van der Waals surface area contributed by atoms with Gasteiger partial charge in [-0.15, -0.1) is 0 Å². The molecule has 0 atom stereocenters. The fourth-order valence-corrected chi connectivity index (χ4v) is 2.47. The molecule has 0 spiro atoms. The number of carbonyl (C=O) groups is 1. The molecule has 1 aromatic heterocycles. The third-order valence-electron chi connectivity index (χ3n) is 3.45. The highest BCUT2D eigenvalue weighted by atomic mass is 35.5. The number of hydrogen-bond donors (Lipinski definition) is 1. The van der Waals surface area contributed by atoms with E-state index in [0.717, 1.165) is 5.56 Å². The van der Waals surface area contributed by atoms with Crippen LogP contribution in [0.4, 0.5) is 5.69 Å². The van der Waals surface area contributed by atoms with E-state index >= 15 is 0 Å². The Kier molecular flexibility index (Phi) is 5.71. The monoisotopic (exact) mass is 368 g/mol. The van der Waals surface area contributed by atoms with E-state index in [1.807, 2.05) is 25.1 Å². The Balaban J connectivity index is 1.52. The summed E-state index contributed by atoms with van der Waals surface area (Å²) in [7, 11) is 0. The van der Waals surface area contributed by atoms with Gasteiger partial charge in [0, 0.05) is 12.3 Å². The summed E-state index contributed by atoms with van der Waals surface area (Å²) in [6.45, 7) is 1.81. The van der Waals surface area contributed by atoms with Crippen molar-refractivity contribution in [3.63, 3.8) is 0 Å². The molecule has 6 heteroatoms. The predicted molar refractivity (Wildman–Crippen MR) is 101 cm³/mol. The van der Waals surface area contributed by atoms with Crippen molar-refractivity contribution < 1.29 is 14.3 Å². The molecule has 0 aliphatic rings. The maximum Gasteiger partial charge on any atom is 0.262 e. The van der Waals surface area contributed by atoms with E-state index in [0.29, 0.717) is 28.1 Å². The minimum absolute atomic E-state index is 0.120. The number of hydrogen-bond acceptors (Lipinski definition) is 4. The molecular weight excluding hydrogens is 352 g/mol. The number of rotatable bonds is 6. The molecule has 2 aromatic carbocycles. The Hall–Kier alpha value is -3.05. The summed E-state index contributed by atoms with van der Waals surface area (Å²) in [4.78, 5) is 16.1. The third-order valence-corrected chi connectivity index (χ3v) is 3.77. The van der Waals surface area contributed by atoms with E-state index in [-0.39, 0.29) is 12.5 Å². The van der Waals surface area contributed by atoms with E-state index < -0.39 is 0 Å². The molecule has 0 radical (unpaired) electrons. The minimum Gasteiger partial charge on any atom is -0.484 e. The second kappa shape index (κ2) is 8.36. The first-order valence-electron chi connectivity index (χ1n) is 7.98. The third kappa shape index (κ3) is 4.97. The van der Waals surface area contributed by atoms with Gasteiger partial charge in [-0.25, -0.2) is 4.98 Å². The van der Waals surface area contributed by atoms with Crippen LogP contribution in [0.15, 0.2) is 66.9 Å². The van der Waals surface area contributed by atoms with Crippen molar-refractivity contribution in [3.05, 3.63) is 77.4 Å². The molecule has 0 bridgehead atoms. The first-order valence-corrected chi connectivity index (χ1v) is 8.36. The van der Waals surface area contributed by atoms with Crippen molar-refractivity contribution in [2.75, 3.05) is 11.9 Å². The molecule has 0 aliphatic carbocycles. The molecule has 3 aromatic rings. The lowest BCUT2D eigenvalue weighted by Gasteiger charge is -2.10. The minimum atomic E-state index is -0.287. The van der Waals surface area contributed by atoms with E-state index in [2.05, 4.69) is 10.3 Å². The predicted octanol–water partition coefficient (Wildman–Crippen LogP) is 4.85. The smallest absolute Gasteiger partial charge is 0.262 e. The summed E-state index contributed by atoms with van der Waals surface area (Å²) in [5.41, 5.74) is 1.59. The fraction of sp³-hybridized carbons (Fsp3) is 0.100. The number of benzene rings is 2. The number of aryl methyl sites for hydroxylation is 1. The number of ether oxygens (including phenoxy) is 2. The fourth-order valence-electron chi connectivity index (χ4n) is 2.19. The molecule has 1 heterocycles. The molecule has 0 aliphatic heterocycles. The zero-order chi connectivity index (χ0) is 18.4. The molecule has 5 nitrogen and oxygen atoms in total. The van der Waals surface area contributed by atoms with E-state index in [1.54, 1.807) is 48.7 Å². The van der Waals surface area contributed by atoms with Crippen molar-refractivity contribution in [3.8, 4) is 17.4 Å². The Labute approximate surface area is 156 Å². The second-order valence-electron chi connectivity index (χ2n) is 5.56. The summed E-state index contributed by atoms with van der Waals surface area (Å²) in [6.07, 6.45) is 1.66. The lowest BCUT2D eigenvalue weighted by molar-refractivity contribution is -0.118. The number of anilines is 1. The topological polar surface area (TPSA) is 60.5 Å². The van der Waals surface area contributed by atoms with Gasteiger partial charge in [0.2, 0.25) is 5.88 Å². The van der Waals surface area contributed by atoms with Gasteiger partial charge in [0.05, 0.1) is 10.7 Å². The van der Waals surface area contributed by atoms with Crippen LogP contribution < -0.4 is 14.8 Å². The lowest BCUT2D eigenvalue weighted by atomic mass is 10.2. The number of carbonyl (C=O) groups excluding carboxylic acids is 1. The van der Waals surface area contributed by atoms with E-state index in [4.69, 9.17) is 21.1 Å². The summed E-state index contributed by atoms with van der Waals surface area (Å²) >= 11 is 6.10. The Bertz CT molecular complexity index is 883. The van der Waals surface area contributed by atoms with Crippen molar-refractivity contribution in [1.29, 1.82) is 0 Å². The van der Waals surface area contributed by atoms with Gasteiger partial charge in [0.15, 0.2) is 6.61 Å². The van der Waals surface area contributed by atoms with Crippen LogP contribution in [0, 0.1) is 6.92 Å². The van der Waals surface area contributed by atoms with Gasteiger partial charge in [-0.05, 0) is 55.0 Å². The summed E-state index contributed by atoms with van der Waals surface area (Å²) in [6, 6.07) is 17.8. The van der Waals surface area contributed by atoms with Crippen LogP contribution in [0.25, 0.3) is 0 Å². The van der Waals surface area contributed by atoms with Gasteiger partial charge in [-0.2, -0.15) is 0 Å². The van der Waals surface area contributed by atoms with E-state index in [9.17, 15) is 4.79 Å². The van der Waals surface area contributed by atoms with Crippen molar-refractivity contribution in [2.24, 2.45) is 0 Å². The summed E-state index contributed by atoms with van der Waals surface area (Å²) < 4.78 is 11.1. The van der Waals surface area contributed by atoms with Gasteiger partial charge in [0.25, 0.3) is 5.91 Å². The molecule has 0 unspecified atom stereocenters. The first-order chi connectivity index (χ1) is 12.6. The zero-order valence-corrected chi connectivity index (χ0v) is 14.9. The van der Waals surface area contributed by atoms with Crippen molar-refractivity contribution in [2.45, 2.75) is 6.92 Å². The lowest BCUT2D eigenvalue weighted by Crippen LogP contribution is -2.20. The van der Waals surface area contributed by atoms with Crippen LogP contribution >= 0.6 is 11.6 Å². The van der Waals surface area contributed by atoms with Gasteiger partial charge < -0.3 is 14.8 Å². The molecule has 0 saturated heterocycles. The molecule has 1 N–H and O–H groups in total. The quantitative estimate of drug-likeness (QED) is 0.675. The number of nitrogens with zero attached hydrogens (tertiary/aromatic N) is 1. The van der Waals surface area contributed by atoms with Crippen LogP contribution in [-0.4, -0.2) is 17.5 Å². The Morgan fingerprint density at radius 2 is 1.85 bits per heavy atom. The standard InChI is InChI=1S/C20H17ClN2O3/c1-14-5-10-18(17(21)12-14)23-19(24)13-25-15-6-8-16(9-7-15)26-20-4-2-3-11-22-20/h2-12H,13H2,1H3,(H,23,24). The zero-order valence-electron chi connectivity index (χ0n) is 14.1. The average Bonchev–Trinajstić information content (AvgIpc) is 2.64. The Morgan fingerprint density at radius 3 is 2.54 bits per heavy atom. The number of nitrogens with one attached hydrogen (secondary N) is 1. The van der Waals surface area contributed by atoms with Crippen LogP contribution in [0.3, 0.4) is 0 Å². The van der Waals surface area contributed by atoms with Gasteiger partial charge in [-0.1, -0.05) is 23.7 Å². The number of pyridine rings is 1. The number of amides is 1. The molecule has 0 saturated carbocycles. The average molecular weight is 369 g/mol. The van der Waals surface area contributed by atoms with Gasteiger partial charge in [-0.3, -0.25) is 4.79 Å². The molecule has 26 heavy (non-hydrogen) atoms. The maximum absolute atomic E-state index is 12.0. The van der Waals surface area contributed by atoms with Crippen LogP contribution in [0.5, 0.6) is 17.4 Å². The largest absolute Gasteiger partial charge is 0.484 e. The maximum atomic E-state index is 12.0. The summed E-state index contributed by atoms with van der Waals surface area (Å²) in [5, 5.41) is 3.22. The second-order valence-corrected chi connectivity index (χ2v) is 5.97. The summed E-state index contributed by atoms with van der Waals surface area (Å²) in [5.74, 6) is 1.41. The SMILES string of the molecule is Cc1ccc(NC(=O)COc2ccc(Oc3ccccn3)cc2)c(Cl)c1.